The van der Waals surface area contributed by atoms with Crippen molar-refractivity contribution in [2.45, 2.75) is 65.4 Å². The lowest BCUT2D eigenvalue weighted by Gasteiger charge is -2.35. The Bertz CT molecular complexity index is 1520. The summed E-state index contributed by atoms with van der Waals surface area (Å²) >= 11 is 0. The van der Waals surface area contributed by atoms with Crippen molar-refractivity contribution in [1.82, 2.24) is 30.2 Å². The van der Waals surface area contributed by atoms with E-state index in [1.54, 1.807) is 7.05 Å². The van der Waals surface area contributed by atoms with Gasteiger partial charge in [0.05, 0.1) is 18.4 Å². The predicted octanol–water partition coefficient (Wildman–Crippen LogP) is 6.72. The van der Waals surface area contributed by atoms with Gasteiger partial charge in [0.15, 0.2) is 11.9 Å². The number of alkyl halides is 8. The fourth-order valence-electron chi connectivity index (χ4n) is 4.90. The topological polar surface area (TPSA) is 123 Å². The Kier molecular flexibility index (Phi) is 14.9. The highest BCUT2D eigenvalue weighted by molar-refractivity contribution is 5.96. The van der Waals surface area contributed by atoms with Crippen LogP contribution in [0.5, 0.6) is 11.9 Å². The molecule has 4 rings (SSSR count). The molecule has 0 bridgehead atoms. The molecule has 49 heavy (non-hydrogen) atoms. The fourth-order valence-corrected chi connectivity index (χ4v) is 4.90. The molecule has 4 heterocycles. The van der Waals surface area contributed by atoms with Crippen molar-refractivity contribution in [3.05, 3.63) is 23.1 Å². The van der Waals surface area contributed by atoms with Gasteiger partial charge in [-0.15, -0.1) is 0 Å². The van der Waals surface area contributed by atoms with Crippen LogP contribution in [0.4, 0.5) is 51.1 Å². The number of nitrogen functional groups attached to an aromatic ring is 1. The van der Waals surface area contributed by atoms with Gasteiger partial charge in [-0.1, -0.05) is 20.8 Å². The van der Waals surface area contributed by atoms with Gasteiger partial charge < -0.3 is 30.7 Å². The molecule has 3 aromatic rings. The van der Waals surface area contributed by atoms with Crippen molar-refractivity contribution in [2.75, 3.05) is 58.4 Å². The summed E-state index contributed by atoms with van der Waals surface area (Å²) in [6.45, 7) is 8.43. The van der Waals surface area contributed by atoms with Gasteiger partial charge in [-0.2, -0.15) is 36.3 Å². The molecule has 1 fully saturated rings. The van der Waals surface area contributed by atoms with Crippen LogP contribution >= 0.6 is 0 Å². The van der Waals surface area contributed by atoms with Crippen LogP contribution in [0.25, 0.3) is 22.2 Å². The molecular formula is C30H41F9N8O2. The van der Waals surface area contributed by atoms with E-state index in [1.807, 2.05) is 25.8 Å². The van der Waals surface area contributed by atoms with E-state index >= 15 is 4.39 Å². The van der Waals surface area contributed by atoms with Crippen molar-refractivity contribution in [2.24, 2.45) is 5.92 Å². The van der Waals surface area contributed by atoms with Crippen LogP contribution in [0.15, 0.2) is 6.07 Å². The molecule has 0 radical (unpaired) electrons. The Morgan fingerprint density at radius 2 is 1.67 bits per heavy atom. The van der Waals surface area contributed by atoms with E-state index in [9.17, 15) is 35.1 Å². The number of rotatable bonds is 11. The average Bonchev–Trinajstić information content (AvgIpc) is 2.99. The van der Waals surface area contributed by atoms with E-state index in [2.05, 4.69) is 30.6 Å². The van der Waals surface area contributed by atoms with E-state index in [-0.39, 0.29) is 24.7 Å². The Morgan fingerprint density at radius 1 is 1.04 bits per heavy atom. The molecule has 19 heteroatoms. The van der Waals surface area contributed by atoms with E-state index in [4.69, 9.17) is 15.2 Å². The van der Waals surface area contributed by atoms with Crippen molar-refractivity contribution in [3.8, 4) is 23.1 Å². The molecule has 1 saturated heterocycles. The molecule has 1 unspecified atom stereocenters. The molecule has 276 valence electrons. The summed E-state index contributed by atoms with van der Waals surface area (Å²) in [5.74, 6) is -2.56. The SMILES string of the molecule is CC.CCC(Oc1nc(-c2cc(N)nc(C)c2C(F)(F)F)c(F)c2nc(OC)nc(NCCNC)c12)C(F)(F)F.CN1CC(CC(F)F)C1. The molecule has 0 aromatic carbocycles. The summed E-state index contributed by atoms with van der Waals surface area (Å²) < 4.78 is 132. The second-order valence-electron chi connectivity index (χ2n) is 10.7. The van der Waals surface area contributed by atoms with Gasteiger partial charge in [0.1, 0.15) is 28.2 Å². The van der Waals surface area contributed by atoms with Gasteiger partial charge in [0.2, 0.25) is 12.3 Å². The smallest absolute Gasteiger partial charge is 0.425 e. The minimum atomic E-state index is -5.04. The summed E-state index contributed by atoms with van der Waals surface area (Å²) in [5, 5.41) is 5.22. The molecule has 1 atom stereocenters. The number of halogens is 9. The number of nitrogens with zero attached hydrogens (tertiary/aromatic N) is 5. The first-order valence-corrected chi connectivity index (χ1v) is 15.3. The number of likely N-dealkylation sites (N-methyl/N-ethyl adjacent to an activating group) is 1. The molecule has 0 aliphatic carbocycles. The molecular weight excluding hydrogens is 675 g/mol. The normalized spacial score (nSPS) is 14.4. The third-order valence-electron chi connectivity index (χ3n) is 6.98. The standard InChI is InChI=1S/C22H24F7N7O2.C6H11F2N.C2H6/c1-5-11(21(24,25)26)38-19-13-17(35-20(37-4)36-18(13)32-7-6-31-3)15(23)16(34-19)10-8-12(30)33-9(2)14(10)22(27,28)29;1-9-3-5(4-9)2-6(7)8;1-2/h8,11,31H,5-7H2,1-4H3,(H2,30,33)(H,32,35,36);5-6H,2-4H2,1H3;1-2H3. The number of methoxy groups -OCH3 is 1. The highest BCUT2D eigenvalue weighted by Gasteiger charge is 2.42. The second kappa shape index (κ2) is 17.7. The largest absolute Gasteiger partial charge is 0.467 e. The number of anilines is 2. The highest BCUT2D eigenvalue weighted by Crippen LogP contribution is 2.43. The third-order valence-corrected chi connectivity index (χ3v) is 6.98. The molecule has 3 aromatic heterocycles. The number of nitrogens with one attached hydrogen (secondary N) is 2. The molecule has 0 saturated carbocycles. The lowest BCUT2D eigenvalue weighted by atomic mass is 9.98. The first-order chi connectivity index (χ1) is 22.9. The van der Waals surface area contributed by atoms with Crippen molar-refractivity contribution < 1.29 is 49.0 Å². The fraction of sp³-hybridized carbons (Fsp3) is 0.600. The Hall–Kier alpha value is -3.87. The molecule has 1 aliphatic rings. The van der Waals surface area contributed by atoms with Crippen molar-refractivity contribution in [1.29, 1.82) is 0 Å². The maximum absolute atomic E-state index is 15.9. The lowest BCUT2D eigenvalue weighted by Crippen LogP contribution is -2.44. The summed E-state index contributed by atoms with van der Waals surface area (Å²) in [4.78, 5) is 17.3. The van der Waals surface area contributed by atoms with Crippen LogP contribution in [0.3, 0.4) is 0 Å². The Balaban J connectivity index is 0.000000647. The van der Waals surface area contributed by atoms with Crippen LogP contribution in [0.1, 0.15) is 44.9 Å². The van der Waals surface area contributed by atoms with Gasteiger partial charge in [-0.3, -0.25) is 0 Å². The van der Waals surface area contributed by atoms with Crippen molar-refractivity contribution in [3.63, 3.8) is 0 Å². The minimum Gasteiger partial charge on any atom is -0.467 e. The average molecular weight is 717 g/mol. The molecule has 4 N–H and O–H groups in total. The number of hydrogen-bond donors (Lipinski definition) is 3. The van der Waals surface area contributed by atoms with E-state index < -0.39 is 88.2 Å². The number of likely N-dealkylation sites (tertiary alicyclic amines) is 1. The summed E-state index contributed by atoms with van der Waals surface area (Å²) in [6, 6.07) is 0.318. The number of hydrogen-bond acceptors (Lipinski definition) is 10. The summed E-state index contributed by atoms with van der Waals surface area (Å²) in [7, 11) is 4.74. The Morgan fingerprint density at radius 3 is 2.16 bits per heavy atom. The molecule has 0 amide bonds. The monoisotopic (exact) mass is 716 g/mol. The van der Waals surface area contributed by atoms with E-state index in [0.717, 1.165) is 33.2 Å². The first-order valence-electron chi connectivity index (χ1n) is 15.3. The number of nitrogens with two attached hydrogens (primary N) is 1. The number of fused-ring (bicyclic) bond motifs is 1. The highest BCUT2D eigenvalue weighted by atomic mass is 19.4. The Labute approximate surface area is 278 Å². The van der Waals surface area contributed by atoms with Gasteiger partial charge >= 0.3 is 18.4 Å². The van der Waals surface area contributed by atoms with Crippen LogP contribution in [0, 0.1) is 18.7 Å². The van der Waals surface area contributed by atoms with Gasteiger partial charge in [0, 0.05) is 38.2 Å². The number of ether oxygens (including phenoxy) is 2. The molecule has 0 spiro atoms. The predicted molar refractivity (Wildman–Crippen MR) is 167 cm³/mol. The zero-order valence-electron chi connectivity index (χ0n) is 28.1. The van der Waals surface area contributed by atoms with Crippen LogP contribution in [0.2, 0.25) is 0 Å². The first kappa shape index (κ1) is 41.3. The quantitative estimate of drug-likeness (QED) is 0.146. The number of aromatic nitrogens is 4. The summed E-state index contributed by atoms with van der Waals surface area (Å²) in [6.07, 6.45) is -14.9. The lowest BCUT2D eigenvalue weighted by molar-refractivity contribution is -0.196. The zero-order valence-corrected chi connectivity index (χ0v) is 28.1. The molecule has 10 nitrogen and oxygen atoms in total. The molecule has 1 aliphatic heterocycles. The minimum absolute atomic E-state index is 0.0876. The van der Waals surface area contributed by atoms with Crippen LogP contribution < -0.4 is 25.8 Å². The maximum Gasteiger partial charge on any atom is 0.425 e. The van der Waals surface area contributed by atoms with Crippen LogP contribution in [-0.2, 0) is 6.18 Å². The van der Waals surface area contributed by atoms with Crippen molar-refractivity contribution >= 4 is 22.5 Å². The van der Waals surface area contributed by atoms with E-state index in [0.29, 0.717) is 6.54 Å². The number of aryl methyl sites for hydroxylation is 1. The number of pyridine rings is 2. The third kappa shape index (κ3) is 10.8. The van der Waals surface area contributed by atoms with Crippen LogP contribution in [-0.4, -0.2) is 90.9 Å². The zero-order chi connectivity index (χ0) is 37.3. The van der Waals surface area contributed by atoms with Gasteiger partial charge in [0.25, 0.3) is 0 Å². The second-order valence-corrected chi connectivity index (χ2v) is 10.7. The maximum atomic E-state index is 15.9. The summed E-state index contributed by atoms with van der Waals surface area (Å²) in [5.41, 5.74) is 1.15. The van der Waals surface area contributed by atoms with Gasteiger partial charge in [-0.05, 0) is 39.4 Å². The van der Waals surface area contributed by atoms with Gasteiger partial charge in [-0.25, -0.2) is 23.1 Å². The van der Waals surface area contributed by atoms with E-state index in [1.165, 1.54) is 6.92 Å².